The highest BCUT2D eigenvalue weighted by atomic mass is 19.4. The highest BCUT2D eigenvalue weighted by Crippen LogP contribution is 2.45. The van der Waals surface area contributed by atoms with E-state index in [1.165, 1.54) is 6.08 Å². The summed E-state index contributed by atoms with van der Waals surface area (Å²) in [6, 6.07) is 0. The van der Waals surface area contributed by atoms with Crippen LogP contribution in [0.1, 0.15) is 18.4 Å². The Kier molecular flexibility index (Phi) is 5.12. The normalized spacial score (nSPS) is 22.5. The van der Waals surface area contributed by atoms with Gasteiger partial charge in [-0.3, -0.25) is 9.59 Å². The van der Waals surface area contributed by atoms with Gasteiger partial charge in [-0.25, -0.2) is 9.97 Å². The van der Waals surface area contributed by atoms with Crippen molar-refractivity contribution in [3.05, 3.63) is 24.0 Å². The van der Waals surface area contributed by atoms with Crippen LogP contribution < -0.4 is 10.6 Å². The molecule has 1 saturated heterocycles. The number of rotatable bonds is 4. The molecule has 2 aromatic rings. The maximum Gasteiger partial charge on any atom is 0.391 e. The summed E-state index contributed by atoms with van der Waals surface area (Å²) in [6.45, 7) is 1.87. The minimum Gasteiger partial charge on any atom is -0.366 e. The first-order valence-electron chi connectivity index (χ1n) is 9.64. The zero-order valence-corrected chi connectivity index (χ0v) is 16.0. The van der Waals surface area contributed by atoms with Gasteiger partial charge in [-0.2, -0.15) is 13.2 Å². The van der Waals surface area contributed by atoms with E-state index in [1.807, 2.05) is 4.90 Å². The number of carbonyl (C=O) groups excluding carboxylic acids is 2. The van der Waals surface area contributed by atoms with Crippen molar-refractivity contribution in [1.29, 1.82) is 0 Å². The van der Waals surface area contributed by atoms with Gasteiger partial charge in [0.05, 0.1) is 12.1 Å². The standard InChI is InChI=1S/C19H21F3N6O2/c20-19(21,22)13-7-12(8-13)18(30)28-5-3-27(4-6-28)15-10-25-17-16(26-15)11(9-24-17)1-2-14(23)29/h1-2,9-10,12-13H,3-8H2,(H2,23,29)(H,24,25)/b2-1+. The van der Waals surface area contributed by atoms with E-state index in [9.17, 15) is 22.8 Å². The lowest BCUT2D eigenvalue weighted by atomic mass is 9.73. The second-order valence-corrected chi connectivity index (χ2v) is 7.62. The summed E-state index contributed by atoms with van der Waals surface area (Å²) < 4.78 is 37.9. The number of H-pyrrole nitrogens is 1. The largest absolute Gasteiger partial charge is 0.391 e. The average molecular weight is 422 g/mol. The van der Waals surface area contributed by atoms with Crippen LogP contribution in [-0.4, -0.2) is 64.0 Å². The molecule has 3 N–H and O–H groups in total. The van der Waals surface area contributed by atoms with E-state index in [4.69, 9.17) is 5.73 Å². The number of nitrogens with zero attached hydrogens (tertiary/aromatic N) is 4. The van der Waals surface area contributed by atoms with Gasteiger partial charge in [-0.1, -0.05) is 0 Å². The smallest absolute Gasteiger partial charge is 0.366 e. The van der Waals surface area contributed by atoms with Gasteiger partial charge in [0, 0.05) is 49.9 Å². The highest BCUT2D eigenvalue weighted by molar-refractivity contribution is 5.93. The molecule has 2 aliphatic rings. The molecule has 3 heterocycles. The van der Waals surface area contributed by atoms with Crippen molar-refractivity contribution in [3.8, 4) is 0 Å². The zero-order valence-electron chi connectivity index (χ0n) is 16.0. The summed E-state index contributed by atoms with van der Waals surface area (Å²) in [5, 5.41) is 0. The quantitative estimate of drug-likeness (QED) is 0.729. The van der Waals surface area contributed by atoms with Gasteiger partial charge in [0.2, 0.25) is 11.8 Å². The van der Waals surface area contributed by atoms with E-state index in [1.54, 1.807) is 23.4 Å². The number of aromatic amines is 1. The lowest BCUT2D eigenvalue weighted by Crippen LogP contribution is -2.53. The van der Waals surface area contributed by atoms with Gasteiger partial charge in [0.25, 0.3) is 0 Å². The maximum atomic E-state index is 12.6. The fourth-order valence-electron chi connectivity index (χ4n) is 3.85. The number of fused-ring (bicyclic) bond motifs is 1. The van der Waals surface area contributed by atoms with Crippen molar-refractivity contribution in [2.75, 3.05) is 31.1 Å². The van der Waals surface area contributed by atoms with Crippen LogP contribution in [0.2, 0.25) is 0 Å². The van der Waals surface area contributed by atoms with Crippen molar-refractivity contribution >= 4 is 34.9 Å². The summed E-state index contributed by atoms with van der Waals surface area (Å²) >= 11 is 0. The zero-order chi connectivity index (χ0) is 21.5. The monoisotopic (exact) mass is 422 g/mol. The summed E-state index contributed by atoms with van der Waals surface area (Å²) in [5.74, 6) is -2.01. The first kappa shape index (κ1) is 20.2. The molecule has 2 aromatic heterocycles. The molecule has 0 unspecified atom stereocenters. The number of aromatic nitrogens is 3. The van der Waals surface area contributed by atoms with Gasteiger partial charge >= 0.3 is 6.18 Å². The van der Waals surface area contributed by atoms with Crippen LogP contribution in [0.5, 0.6) is 0 Å². The summed E-state index contributed by atoms with van der Waals surface area (Å²) in [5.41, 5.74) is 6.97. The summed E-state index contributed by atoms with van der Waals surface area (Å²) in [6.07, 6.45) is 1.67. The van der Waals surface area contributed by atoms with Crippen LogP contribution in [0.4, 0.5) is 19.0 Å². The van der Waals surface area contributed by atoms with Gasteiger partial charge in [-0.15, -0.1) is 0 Å². The maximum absolute atomic E-state index is 12.6. The van der Waals surface area contributed by atoms with E-state index >= 15 is 0 Å². The number of primary amides is 1. The number of carbonyl (C=O) groups is 2. The number of anilines is 1. The van der Waals surface area contributed by atoms with Gasteiger partial charge in [-0.05, 0) is 18.9 Å². The predicted molar refractivity (Wildman–Crippen MR) is 103 cm³/mol. The number of nitrogens with one attached hydrogen (secondary N) is 1. The van der Waals surface area contributed by atoms with Crippen LogP contribution >= 0.6 is 0 Å². The van der Waals surface area contributed by atoms with E-state index in [2.05, 4.69) is 15.0 Å². The molecule has 0 radical (unpaired) electrons. The van der Waals surface area contributed by atoms with Crippen LogP contribution in [0, 0.1) is 11.8 Å². The molecule has 0 atom stereocenters. The van der Waals surface area contributed by atoms with Crippen molar-refractivity contribution in [1.82, 2.24) is 19.9 Å². The molecular weight excluding hydrogens is 401 g/mol. The highest BCUT2D eigenvalue weighted by Gasteiger charge is 2.50. The molecule has 0 spiro atoms. The number of alkyl halides is 3. The Morgan fingerprint density at radius 3 is 2.53 bits per heavy atom. The van der Waals surface area contributed by atoms with Crippen LogP contribution in [0.25, 0.3) is 17.2 Å². The lowest BCUT2D eigenvalue weighted by Gasteiger charge is -2.41. The molecule has 8 nitrogen and oxygen atoms in total. The second kappa shape index (κ2) is 7.62. The van der Waals surface area contributed by atoms with Crippen molar-refractivity contribution in [2.45, 2.75) is 19.0 Å². The topological polar surface area (TPSA) is 108 Å². The predicted octanol–water partition coefficient (Wildman–Crippen LogP) is 1.69. The number of hydrogen-bond acceptors (Lipinski definition) is 5. The third kappa shape index (κ3) is 3.96. The SMILES string of the molecule is NC(=O)/C=C/c1c[nH]c2ncc(N3CCN(C(=O)C4CC(C(F)(F)F)C4)CC3)nc12. The Hall–Kier alpha value is -3.11. The molecule has 2 amide bonds. The Morgan fingerprint density at radius 1 is 1.20 bits per heavy atom. The minimum absolute atomic E-state index is 0.111. The van der Waals surface area contributed by atoms with Crippen LogP contribution in [0.15, 0.2) is 18.5 Å². The number of hydrogen-bond donors (Lipinski definition) is 2. The Morgan fingerprint density at radius 2 is 1.90 bits per heavy atom. The van der Waals surface area contributed by atoms with E-state index in [-0.39, 0.29) is 18.7 Å². The second-order valence-electron chi connectivity index (χ2n) is 7.62. The molecule has 1 aliphatic carbocycles. The molecule has 11 heteroatoms. The fourth-order valence-corrected chi connectivity index (χ4v) is 3.85. The molecule has 160 valence electrons. The minimum atomic E-state index is -4.21. The van der Waals surface area contributed by atoms with Crippen LogP contribution in [0.3, 0.4) is 0 Å². The number of nitrogens with two attached hydrogens (primary N) is 1. The number of halogens is 3. The summed E-state index contributed by atoms with van der Waals surface area (Å²) in [7, 11) is 0. The van der Waals surface area contributed by atoms with E-state index < -0.39 is 23.9 Å². The first-order valence-corrected chi connectivity index (χ1v) is 9.64. The average Bonchev–Trinajstić information content (AvgIpc) is 3.06. The Bertz CT molecular complexity index is 988. The molecule has 0 bridgehead atoms. The van der Waals surface area contributed by atoms with Crippen LogP contribution in [-0.2, 0) is 9.59 Å². The van der Waals surface area contributed by atoms with Gasteiger partial charge in [0.15, 0.2) is 5.65 Å². The first-order chi connectivity index (χ1) is 14.2. The van der Waals surface area contributed by atoms with Crippen molar-refractivity contribution < 1.29 is 22.8 Å². The summed E-state index contributed by atoms with van der Waals surface area (Å²) in [4.78, 5) is 39.0. The van der Waals surface area contributed by atoms with Crippen molar-refractivity contribution in [2.24, 2.45) is 17.6 Å². The van der Waals surface area contributed by atoms with E-state index in [0.717, 1.165) is 0 Å². The van der Waals surface area contributed by atoms with E-state index in [0.29, 0.717) is 48.7 Å². The van der Waals surface area contributed by atoms with Crippen molar-refractivity contribution in [3.63, 3.8) is 0 Å². The molecule has 4 rings (SSSR count). The Labute approximate surface area is 169 Å². The number of piperazine rings is 1. The molecule has 1 aliphatic heterocycles. The Balaban J connectivity index is 1.38. The fraction of sp³-hybridized carbons (Fsp3) is 0.474. The third-order valence-corrected chi connectivity index (χ3v) is 5.69. The third-order valence-electron chi connectivity index (χ3n) is 5.69. The lowest BCUT2D eigenvalue weighted by molar-refractivity contribution is -0.206. The molecular formula is C19H21F3N6O2. The molecule has 2 fully saturated rings. The molecule has 30 heavy (non-hydrogen) atoms. The number of amides is 2. The molecule has 0 aromatic carbocycles. The molecule has 1 saturated carbocycles. The van der Waals surface area contributed by atoms with Gasteiger partial charge < -0.3 is 20.5 Å². The van der Waals surface area contributed by atoms with Gasteiger partial charge in [0.1, 0.15) is 11.3 Å².